The molecule has 0 bridgehead atoms. The van der Waals surface area contributed by atoms with E-state index in [0.29, 0.717) is 5.56 Å². The number of benzene rings is 3. The van der Waals surface area contributed by atoms with Crippen LogP contribution in [0.5, 0.6) is 0 Å². The van der Waals surface area contributed by atoms with Crippen LogP contribution in [0.2, 0.25) is 0 Å². The van der Waals surface area contributed by atoms with Gasteiger partial charge in [-0.05, 0) is 60.2 Å². The molecule has 0 spiro atoms. The fraction of sp³-hybridized carbons (Fsp3) is 0. The average Bonchev–Trinajstić information content (AvgIpc) is 3.20. The Bertz CT molecular complexity index is 1290. The van der Waals surface area contributed by atoms with Gasteiger partial charge in [0, 0.05) is 28.8 Å². The van der Waals surface area contributed by atoms with Gasteiger partial charge in [0.1, 0.15) is 6.07 Å². The molecule has 142 valence electrons. The first-order chi connectivity index (χ1) is 14.8. The van der Waals surface area contributed by atoms with Crippen molar-refractivity contribution < 1.29 is 0 Å². The summed E-state index contributed by atoms with van der Waals surface area (Å²) in [5, 5.41) is 9.65. The number of nitriles is 1. The molecule has 2 heterocycles. The summed E-state index contributed by atoms with van der Waals surface area (Å²) in [6, 6.07) is 39.3. The molecule has 0 N–H and O–H groups in total. The molecule has 0 aliphatic heterocycles. The normalized spacial score (nSPS) is 10.6. The maximum absolute atomic E-state index is 9.65. The van der Waals surface area contributed by atoms with Gasteiger partial charge in [0.05, 0.1) is 11.3 Å². The molecule has 0 atom stereocenters. The molecule has 0 saturated heterocycles. The van der Waals surface area contributed by atoms with Crippen molar-refractivity contribution in [1.29, 1.82) is 5.26 Å². The number of para-hydroxylation sites is 2. The number of hydrogen-bond donors (Lipinski definition) is 0. The number of anilines is 3. The summed E-state index contributed by atoms with van der Waals surface area (Å²) in [5.74, 6) is 0. The highest BCUT2D eigenvalue weighted by molar-refractivity contribution is 5.80. The summed E-state index contributed by atoms with van der Waals surface area (Å²) in [5.41, 5.74) is 6.90. The Morgan fingerprint density at radius 2 is 1.20 bits per heavy atom. The molecule has 3 aromatic carbocycles. The number of fused-ring (bicyclic) bond motifs is 1. The van der Waals surface area contributed by atoms with Gasteiger partial charge in [-0.2, -0.15) is 5.26 Å². The Morgan fingerprint density at radius 1 is 0.633 bits per heavy atom. The van der Waals surface area contributed by atoms with Gasteiger partial charge in [-0.25, -0.2) is 0 Å². The third-order valence-corrected chi connectivity index (χ3v) is 5.23. The van der Waals surface area contributed by atoms with Gasteiger partial charge >= 0.3 is 0 Å². The van der Waals surface area contributed by atoms with Gasteiger partial charge in [-0.1, -0.05) is 54.6 Å². The first-order valence-electron chi connectivity index (χ1n) is 9.86. The summed E-state index contributed by atoms with van der Waals surface area (Å²) in [4.78, 5) is 2.23. The monoisotopic (exact) mass is 385 g/mol. The molecule has 0 saturated carbocycles. The smallest absolute Gasteiger partial charge is 0.101 e. The van der Waals surface area contributed by atoms with Crippen LogP contribution in [-0.2, 0) is 0 Å². The molecule has 5 aromatic rings. The van der Waals surface area contributed by atoms with Gasteiger partial charge in [-0.3, -0.25) is 0 Å². The molecule has 0 unspecified atom stereocenters. The van der Waals surface area contributed by atoms with E-state index in [1.54, 1.807) is 0 Å². The number of nitrogens with zero attached hydrogens (tertiary/aromatic N) is 3. The molecular formula is C27H19N3. The van der Waals surface area contributed by atoms with Gasteiger partial charge in [0.15, 0.2) is 0 Å². The van der Waals surface area contributed by atoms with E-state index in [1.165, 1.54) is 0 Å². The van der Waals surface area contributed by atoms with Gasteiger partial charge in [0.2, 0.25) is 0 Å². The first kappa shape index (κ1) is 17.8. The second-order valence-electron chi connectivity index (χ2n) is 7.07. The third kappa shape index (κ3) is 3.11. The highest BCUT2D eigenvalue weighted by atomic mass is 15.1. The molecule has 5 rings (SSSR count). The Kier molecular flexibility index (Phi) is 4.51. The second kappa shape index (κ2) is 7.62. The van der Waals surface area contributed by atoms with Gasteiger partial charge < -0.3 is 9.30 Å². The van der Waals surface area contributed by atoms with Crippen LogP contribution in [0.4, 0.5) is 17.1 Å². The van der Waals surface area contributed by atoms with Crippen molar-refractivity contribution in [2.75, 3.05) is 4.90 Å². The maximum Gasteiger partial charge on any atom is 0.101 e. The fourth-order valence-electron chi connectivity index (χ4n) is 3.87. The number of rotatable bonds is 4. The summed E-state index contributed by atoms with van der Waals surface area (Å²) in [6.45, 7) is 0. The minimum absolute atomic E-state index is 0.678. The van der Waals surface area contributed by atoms with E-state index in [9.17, 15) is 5.26 Å². The lowest BCUT2D eigenvalue weighted by atomic mass is 10.1. The molecular weight excluding hydrogens is 366 g/mol. The zero-order chi connectivity index (χ0) is 20.3. The first-order valence-corrected chi connectivity index (χ1v) is 9.86. The van der Waals surface area contributed by atoms with Crippen molar-refractivity contribution in [3.05, 3.63) is 121 Å². The van der Waals surface area contributed by atoms with Gasteiger partial charge in [0.25, 0.3) is 0 Å². The van der Waals surface area contributed by atoms with Crippen LogP contribution in [-0.4, -0.2) is 4.40 Å². The van der Waals surface area contributed by atoms with Crippen LogP contribution in [0.25, 0.3) is 16.8 Å². The zero-order valence-corrected chi connectivity index (χ0v) is 16.3. The molecule has 0 amide bonds. The van der Waals surface area contributed by atoms with E-state index in [0.717, 1.165) is 33.8 Å². The van der Waals surface area contributed by atoms with E-state index in [1.807, 2.05) is 66.9 Å². The van der Waals surface area contributed by atoms with Crippen LogP contribution >= 0.6 is 0 Å². The Labute approximate surface area is 175 Å². The van der Waals surface area contributed by atoms with Crippen molar-refractivity contribution in [2.45, 2.75) is 0 Å². The summed E-state index contributed by atoms with van der Waals surface area (Å²) in [7, 11) is 0. The lowest BCUT2D eigenvalue weighted by Gasteiger charge is -2.25. The largest absolute Gasteiger partial charge is 0.315 e. The lowest BCUT2D eigenvalue weighted by Crippen LogP contribution is -2.09. The minimum Gasteiger partial charge on any atom is -0.315 e. The SMILES string of the molecule is N#Cc1cc2ccccn2c1-c1ccc(N(c2ccccc2)c2ccccc2)cc1. The lowest BCUT2D eigenvalue weighted by molar-refractivity contribution is 1.20. The maximum atomic E-state index is 9.65. The third-order valence-electron chi connectivity index (χ3n) is 5.23. The van der Waals surface area contributed by atoms with Crippen LogP contribution in [0.3, 0.4) is 0 Å². The van der Waals surface area contributed by atoms with E-state index in [2.05, 4.69) is 63.9 Å². The molecule has 0 radical (unpaired) electrons. The Morgan fingerprint density at radius 3 is 1.80 bits per heavy atom. The van der Waals surface area contributed by atoms with E-state index in [-0.39, 0.29) is 0 Å². The molecule has 3 nitrogen and oxygen atoms in total. The highest BCUT2D eigenvalue weighted by Gasteiger charge is 2.15. The summed E-state index contributed by atoms with van der Waals surface area (Å²) < 4.78 is 2.07. The number of hydrogen-bond acceptors (Lipinski definition) is 2. The van der Waals surface area contributed by atoms with E-state index < -0.39 is 0 Å². The molecule has 3 heteroatoms. The Hall–Kier alpha value is -4.29. The molecule has 30 heavy (non-hydrogen) atoms. The van der Waals surface area contributed by atoms with Crippen molar-refractivity contribution >= 4 is 22.6 Å². The van der Waals surface area contributed by atoms with Crippen LogP contribution in [0.15, 0.2) is 115 Å². The van der Waals surface area contributed by atoms with Crippen LogP contribution in [0.1, 0.15) is 5.56 Å². The Balaban J connectivity index is 1.62. The van der Waals surface area contributed by atoms with E-state index >= 15 is 0 Å². The highest BCUT2D eigenvalue weighted by Crippen LogP contribution is 2.36. The summed E-state index contributed by atoms with van der Waals surface area (Å²) >= 11 is 0. The quantitative estimate of drug-likeness (QED) is 0.335. The number of pyridine rings is 1. The van der Waals surface area contributed by atoms with Crippen molar-refractivity contribution in [3.63, 3.8) is 0 Å². The van der Waals surface area contributed by atoms with Crippen molar-refractivity contribution in [3.8, 4) is 17.3 Å². The van der Waals surface area contributed by atoms with E-state index in [4.69, 9.17) is 0 Å². The molecule has 2 aromatic heterocycles. The number of aromatic nitrogens is 1. The topological polar surface area (TPSA) is 31.4 Å². The van der Waals surface area contributed by atoms with Crippen LogP contribution < -0.4 is 4.90 Å². The zero-order valence-electron chi connectivity index (χ0n) is 16.3. The van der Waals surface area contributed by atoms with Gasteiger partial charge in [-0.15, -0.1) is 0 Å². The molecule has 0 fully saturated rings. The van der Waals surface area contributed by atoms with Crippen molar-refractivity contribution in [1.82, 2.24) is 4.40 Å². The second-order valence-corrected chi connectivity index (χ2v) is 7.07. The average molecular weight is 385 g/mol. The predicted molar refractivity (Wildman–Crippen MR) is 122 cm³/mol. The summed E-state index contributed by atoms with van der Waals surface area (Å²) in [6.07, 6.45) is 2.00. The standard InChI is InChI=1S/C27H19N3/c28-20-22-19-26-13-7-8-18-29(26)27(22)21-14-16-25(17-15-21)30(23-9-3-1-4-10-23)24-11-5-2-6-12-24/h1-19H. The minimum atomic E-state index is 0.678. The molecule has 0 aliphatic rings. The predicted octanol–water partition coefficient (Wildman–Crippen LogP) is 6.95. The van der Waals surface area contributed by atoms with Crippen LogP contribution in [0, 0.1) is 11.3 Å². The fourth-order valence-corrected chi connectivity index (χ4v) is 3.87. The van der Waals surface area contributed by atoms with Crippen molar-refractivity contribution in [2.24, 2.45) is 0 Å². The molecule has 0 aliphatic carbocycles.